The first-order valence-electron chi connectivity index (χ1n) is 6.92. The van der Waals surface area contributed by atoms with E-state index in [1.807, 2.05) is 28.9 Å². The lowest BCUT2D eigenvalue weighted by Crippen LogP contribution is -2.27. The van der Waals surface area contributed by atoms with E-state index in [4.69, 9.17) is 6.57 Å². The third-order valence-electron chi connectivity index (χ3n) is 3.42. The molecule has 3 rings (SSSR count). The number of aryl methyl sites for hydroxylation is 1. The third kappa shape index (κ3) is 2.96. The van der Waals surface area contributed by atoms with Crippen molar-refractivity contribution >= 4 is 11.4 Å². The summed E-state index contributed by atoms with van der Waals surface area (Å²) >= 11 is 0. The van der Waals surface area contributed by atoms with Crippen LogP contribution in [-0.4, -0.2) is 14.9 Å². The predicted octanol–water partition coefficient (Wildman–Crippen LogP) is 3.61. The number of hydrogen-bond acceptors (Lipinski definition) is 3. The molecule has 0 aliphatic carbocycles. The maximum Gasteiger partial charge on any atom is 0.187 e. The maximum absolute atomic E-state index is 7.05. The quantitative estimate of drug-likeness (QED) is 0.688. The van der Waals surface area contributed by atoms with Crippen LogP contribution in [-0.2, 0) is 6.54 Å². The molecular weight excluding hydrogens is 273 g/mol. The van der Waals surface area contributed by atoms with Gasteiger partial charge in [-0.15, -0.1) is 10.2 Å². The number of rotatable bonds is 4. The second kappa shape index (κ2) is 6.10. The van der Waals surface area contributed by atoms with Crippen molar-refractivity contribution in [1.29, 1.82) is 0 Å². The Morgan fingerprint density at radius 2 is 1.64 bits per heavy atom. The number of anilines is 1. The van der Waals surface area contributed by atoms with E-state index in [-0.39, 0.29) is 0 Å². The van der Waals surface area contributed by atoms with E-state index in [2.05, 4.69) is 51.2 Å². The van der Waals surface area contributed by atoms with Gasteiger partial charge in [-0.05, 0) is 24.6 Å². The molecule has 0 radical (unpaired) electrons. The van der Waals surface area contributed by atoms with Crippen molar-refractivity contribution in [2.75, 3.05) is 5.01 Å². The zero-order valence-corrected chi connectivity index (χ0v) is 12.2. The Hall–Kier alpha value is -3.13. The third-order valence-corrected chi connectivity index (χ3v) is 3.42. The molecule has 5 nitrogen and oxygen atoms in total. The van der Waals surface area contributed by atoms with Crippen LogP contribution in [0.3, 0.4) is 0 Å². The Kier molecular flexibility index (Phi) is 3.84. The molecule has 0 unspecified atom stereocenters. The molecule has 0 saturated carbocycles. The molecule has 3 aromatic rings. The Morgan fingerprint density at radius 1 is 1.00 bits per heavy atom. The molecule has 5 heteroatoms. The van der Waals surface area contributed by atoms with E-state index in [0.717, 1.165) is 5.69 Å². The Labute approximate surface area is 129 Å². The van der Waals surface area contributed by atoms with Crippen molar-refractivity contribution in [3.05, 3.63) is 83.7 Å². The molecule has 0 fully saturated rings. The minimum atomic E-state index is 0.628. The number of nitrogens with zero attached hydrogens (tertiary/aromatic N) is 5. The van der Waals surface area contributed by atoms with Crippen molar-refractivity contribution in [2.24, 2.45) is 0 Å². The van der Waals surface area contributed by atoms with E-state index in [0.29, 0.717) is 12.2 Å². The predicted molar refractivity (Wildman–Crippen MR) is 85.5 cm³/mol. The molecule has 108 valence electrons. The van der Waals surface area contributed by atoms with Gasteiger partial charge in [-0.1, -0.05) is 42.0 Å². The summed E-state index contributed by atoms with van der Waals surface area (Å²) in [4.78, 5) is 3.43. The second-order valence-corrected chi connectivity index (χ2v) is 5.01. The minimum Gasteiger partial charge on any atom is -0.275 e. The van der Waals surface area contributed by atoms with Gasteiger partial charge in [0.05, 0.1) is 18.8 Å². The zero-order valence-electron chi connectivity index (χ0n) is 12.2. The van der Waals surface area contributed by atoms with Gasteiger partial charge in [-0.3, -0.25) is 5.01 Å². The number of benzene rings is 2. The van der Waals surface area contributed by atoms with Crippen LogP contribution in [0.25, 0.3) is 4.85 Å². The molecule has 0 amide bonds. The van der Waals surface area contributed by atoms with Gasteiger partial charge in [0.1, 0.15) is 12.7 Å². The van der Waals surface area contributed by atoms with Crippen molar-refractivity contribution in [2.45, 2.75) is 13.5 Å². The van der Waals surface area contributed by atoms with Gasteiger partial charge in [0.15, 0.2) is 5.69 Å². The average molecular weight is 288 g/mol. The Bertz CT molecular complexity index is 767. The lowest BCUT2D eigenvalue weighted by atomic mass is 10.0. The van der Waals surface area contributed by atoms with E-state index >= 15 is 0 Å². The lowest BCUT2D eigenvalue weighted by molar-refractivity contribution is 0.686. The largest absolute Gasteiger partial charge is 0.275 e. The molecule has 1 heterocycles. The minimum absolute atomic E-state index is 0.628. The summed E-state index contributed by atoms with van der Waals surface area (Å²) < 4.78 is 1.84. The van der Waals surface area contributed by atoms with Gasteiger partial charge in [0, 0.05) is 0 Å². The molecular formula is C17H15N5. The highest BCUT2D eigenvalue weighted by Crippen LogP contribution is 2.22. The highest BCUT2D eigenvalue weighted by Gasteiger charge is 2.10. The van der Waals surface area contributed by atoms with Gasteiger partial charge in [0.2, 0.25) is 0 Å². The van der Waals surface area contributed by atoms with Crippen molar-refractivity contribution in [3.8, 4) is 0 Å². The fourth-order valence-corrected chi connectivity index (χ4v) is 2.19. The molecule has 0 aliphatic rings. The smallest absolute Gasteiger partial charge is 0.187 e. The van der Waals surface area contributed by atoms with Crippen LogP contribution in [0.4, 0.5) is 11.4 Å². The first kappa shape index (κ1) is 13.8. The van der Waals surface area contributed by atoms with E-state index in [1.165, 1.54) is 11.1 Å². The standard InChI is InChI=1S/C17H15N5/c1-14-3-5-15(6-4-14)11-22(21-12-19-20-13-21)17-9-7-16(18-2)8-10-17/h3-10,12-13H,11H2,1H3/i1-1. The SMILES string of the molecule is [C-]#[N+]c1ccc(N(Cc2ccc([11CH3])cc2)n2cnnc2)cc1. The van der Waals surface area contributed by atoms with Crippen molar-refractivity contribution in [1.82, 2.24) is 14.9 Å². The van der Waals surface area contributed by atoms with Crippen LogP contribution < -0.4 is 5.01 Å². The van der Waals surface area contributed by atoms with Gasteiger partial charge in [-0.25, -0.2) is 9.52 Å². The van der Waals surface area contributed by atoms with Crippen LogP contribution >= 0.6 is 0 Å². The van der Waals surface area contributed by atoms with Crippen molar-refractivity contribution < 1.29 is 0 Å². The number of hydrogen-bond donors (Lipinski definition) is 0. The lowest BCUT2D eigenvalue weighted by Gasteiger charge is -2.25. The van der Waals surface area contributed by atoms with Gasteiger partial charge in [0.25, 0.3) is 0 Å². The molecule has 0 saturated heterocycles. The second-order valence-electron chi connectivity index (χ2n) is 5.01. The van der Waals surface area contributed by atoms with E-state index < -0.39 is 0 Å². The average Bonchev–Trinajstić information content (AvgIpc) is 3.09. The van der Waals surface area contributed by atoms with Crippen LogP contribution in [0.5, 0.6) is 0 Å². The molecule has 1 aromatic heterocycles. The normalized spacial score (nSPS) is 10.2. The Balaban J connectivity index is 1.93. The molecule has 2 aromatic carbocycles. The summed E-state index contributed by atoms with van der Waals surface area (Å²) in [5.74, 6) is 0. The highest BCUT2D eigenvalue weighted by atomic mass is 15.6. The molecule has 0 spiro atoms. The molecule has 0 bridgehead atoms. The molecule has 0 N–H and O–H groups in total. The first-order chi connectivity index (χ1) is 10.8. The van der Waals surface area contributed by atoms with Crippen LogP contribution in [0.15, 0.2) is 61.2 Å². The van der Waals surface area contributed by atoms with Crippen LogP contribution in [0.1, 0.15) is 11.1 Å². The summed E-state index contributed by atoms with van der Waals surface area (Å²) in [5, 5.41) is 9.82. The highest BCUT2D eigenvalue weighted by molar-refractivity contribution is 5.55. The topological polar surface area (TPSA) is 38.3 Å². The van der Waals surface area contributed by atoms with Crippen LogP contribution in [0, 0.1) is 13.5 Å². The van der Waals surface area contributed by atoms with Crippen LogP contribution in [0.2, 0.25) is 0 Å². The molecule has 0 atom stereocenters. The van der Waals surface area contributed by atoms with Crippen molar-refractivity contribution in [3.63, 3.8) is 0 Å². The maximum atomic E-state index is 7.05. The first-order valence-corrected chi connectivity index (χ1v) is 6.92. The number of aromatic nitrogens is 3. The zero-order chi connectivity index (χ0) is 15.4. The van der Waals surface area contributed by atoms with Gasteiger partial charge < -0.3 is 0 Å². The summed E-state index contributed by atoms with van der Waals surface area (Å²) in [6, 6.07) is 15.9. The Morgan fingerprint density at radius 3 is 2.23 bits per heavy atom. The fourth-order valence-electron chi connectivity index (χ4n) is 2.19. The summed E-state index contributed by atoms with van der Waals surface area (Å²) in [5.41, 5.74) is 4.03. The summed E-state index contributed by atoms with van der Waals surface area (Å²) in [6.07, 6.45) is 3.33. The van der Waals surface area contributed by atoms with Gasteiger partial charge >= 0.3 is 0 Å². The summed E-state index contributed by atoms with van der Waals surface area (Å²) in [6.45, 7) is 9.81. The molecule has 22 heavy (non-hydrogen) atoms. The summed E-state index contributed by atoms with van der Waals surface area (Å²) in [7, 11) is 0. The van der Waals surface area contributed by atoms with Gasteiger partial charge in [-0.2, -0.15) is 0 Å². The fraction of sp³-hybridized carbons (Fsp3) is 0.118. The monoisotopic (exact) mass is 288 g/mol. The van der Waals surface area contributed by atoms with E-state index in [9.17, 15) is 0 Å². The molecule has 0 aliphatic heterocycles. The van der Waals surface area contributed by atoms with E-state index in [1.54, 1.807) is 12.7 Å².